The van der Waals surface area contributed by atoms with Gasteiger partial charge in [-0.2, -0.15) is 0 Å². The van der Waals surface area contributed by atoms with E-state index in [-0.39, 0.29) is 26.5 Å². The van der Waals surface area contributed by atoms with Crippen LogP contribution in [-0.2, 0) is 16.0 Å². The van der Waals surface area contributed by atoms with Crippen LogP contribution >= 0.6 is 0 Å². The summed E-state index contributed by atoms with van der Waals surface area (Å²) in [5, 5.41) is 6.05. The molecule has 1 aromatic carbocycles. The fourth-order valence-electron chi connectivity index (χ4n) is 2.07. The van der Waals surface area contributed by atoms with Crippen LogP contribution in [0.15, 0.2) is 30.3 Å². The Morgan fingerprint density at radius 2 is 1.86 bits per heavy atom. The van der Waals surface area contributed by atoms with Crippen molar-refractivity contribution in [2.45, 2.75) is 39.7 Å². The minimum atomic E-state index is -0.258. The lowest BCUT2D eigenvalue weighted by Gasteiger charge is -2.17. The number of carbonyl (C=O) groups is 2. The number of Topliss-reactive ketones (excluding diaryl/α,β-unsaturated/α-hetero) is 1. The molecule has 0 bridgehead atoms. The van der Waals surface area contributed by atoms with Crippen molar-refractivity contribution in [2.75, 3.05) is 13.1 Å². The molecule has 0 aliphatic carbocycles. The van der Waals surface area contributed by atoms with Crippen molar-refractivity contribution in [3.05, 3.63) is 35.9 Å². The van der Waals surface area contributed by atoms with E-state index in [9.17, 15) is 9.59 Å². The van der Waals surface area contributed by atoms with Crippen LogP contribution in [0, 0.1) is 5.92 Å². The first-order chi connectivity index (χ1) is 10.0. The first kappa shape index (κ1) is 17.4. The van der Waals surface area contributed by atoms with Crippen molar-refractivity contribution < 1.29 is 12.4 Å². The molecule has 0 saturated carbocycles. The van der Waals surface area contributed by atoms with Gasteiger partial charge in [-0.05, 0) is 18.5 Å². The molecule has 4 heteroatoms. The summed E-state index contributed by atoms with van der Waals surface area (Å²) in [5.74, 6) is 0.159. The average Bonchev–Trinajstić information content (AvgIpc) is 2.47. The van der Waals surface area contributed by atoms with Crippen molar-refractivity contribution in [3.63, 3.8) is 0 Å². The molecule has 0 aliphatic rings. The standard InChI is InChI=1S/C17H26N2O2.2H2/c1-4-18-15(12-14-8-6-5-7-9-14)17(21)19-11-10-16(20)13(2)3;;/h5-9,13,15,18H,4,10-12H2,1-3H3,(H,19,21);2*1H/t15-;;/m0../s1. The zero-order valence-corrected chi connectivity index (χ0v) is 13.2. The lowest BCUT2D eigenvalue weighted by Crippen LogP contribution is -2.46. The van der Waals surface area contributed by atoms with Crippen molar-refractivity contribution in [2.24, 2.45) is 5.92 Å². The van der Waals surface area contributed by atoms with E-state index in [1.54, 1.807) is 0 Å². The Morgan fingerprint density at radius 3 is 2.43 bits per heavy atom. The maximum Gasteiger partial charge on any atom is 0.237 e. The number of rotatable bonds is 9. The van der Waals surface area contributed by atoms with E-state index in [2.05, 4.69) is 10.6 Å². The highest BCUT2D eigenvalue weighted by Gasteiger charge is 2.17. The predicted octanol–water partition coefficient (Wildman–Crippen LogP) is 2.43. The first-order valence-electron chi connectivity index (χ1n) is 7.62. The second-order valence-corrected chi connectivity index (χ2v) is 5.46. The maximum atomic E-state index is 12.2. The van der Waals surface area contributed by atoms with Gasteiger partial charge in [-0.15, -0.1) is 0 Å². The van der Waals surface area contributed by atoms with Crippen LogP contribution in [0.1, 0.15) is 35.6 Å². The van der Waals surface area contributed by atoms with Crippen molar-refractivity contribution in [1.29, 1.82) is 0 Å². The Labute approximate surface area is 130 Å². The molecule has 1 aromatic rings. The second-order valence-electron chi connectivity index (χ2n) is 5.46. The monoisotopic (exact) mass is 294 g/mol. The van der Waals surface area contributed by atoms with E-state index >= 15 is 0 Å². The lowest BCUT2D eigenvalue weighted by atomic mass is 10.0. The number of nitrogens with one attached hydrogen (secondary N) is 2. The molecule has 0 aromatic heterocycles. The van der Waals surface area contributed by atoms with Gasteiger partial charge in [0, 0.05) is 21.7 Å². The topological polar surface area (TPSA) is 58.2 Å². The zero-order valence-electron chi connectivity index (χ0n) is 13.2. The second kappa shape index (κ2) is 9.29. The molecule has 4 nitrogen and oxygen atoms in total. The van der Waals surface area contributed by atoms with E-state index in [0.29, 0.717) is 19.4 Å². The Morgan fingerprint density at radius 1 is 1.19 bits per heavy atom. The van der Waals surface area contributed by atoms with Crippen LogP contribution in [0.4, 0.5) is 0 Å². The largest absolute Gasteiger partial charge is 0.354 e. The third kappa shape index (κ3) is 6.54. The summed E-state index contributed by atoms with van der Waals surface area (Å²) in [6, 6.07) is 9.67. The summed E-state index contributed by atoms with van der Waals surface area (Å²) < 4.78 is 0. The molecule has 0 saturated heterocycles. The third-order valence-corrected chi connectivity index (χ3v) is 3.36. The Hall–Kier alpha value is -1.68. The molecule has 120 valence electrons. The molecule has 21 heavy (non-hydrogen) atoms. The van der Waals surface area contributed by atoms with Crippen LogP contribution in [0.2, 0.25) is 0 Å². The summed E-state index contributed by atoms with van der Waals surface area (Å²) >= 11 is 0. The number of amides is 1. The smallest absolute Gasteiger partial charge is 0.237 e. The Bertz CT molecular complexity index is 453. The first-order valence-corrected chi connectivity index (χ1v) is 7.62. The molecule has 0 unspecified atom stereocenters. The van der Waals surface area contributed by atoms with Gasteiger partial charge in [0.15, 0.2) is 0 Å². The van der Waals surface area contributed by atoms with Gasteiger partial charge < -0.3 is 10.6 Å². The Kier molecular flexibility index (Phi) is 7.69. The van der Waals surface area contributed by atoms with Gasteiger partial charge in [0.2, 0.25) is 5.91 Å². The van der Waals surface area contributed by atoms with Gasteiger partial charge >= 0.3 is 0 Å². The minimum Gasteiger partial charge on any atom is -0.354 e. The number of likely N-dealkylation sites (N-methyl/N-ethyl adjacent to an activating group) is 1. The number of hydrogen-bond acceptors (Lipinski definition) is 3. The van der Waals surface area contributed by atoms with Crippen molar-refractivity contribution >= 4 is 11.7 Å². The lowest BCUT2D eigenvalue weighted by molar-refractivity contribution is -0.124. The van der Waals surface area contributed by atoms with Crippen LogP contribution in [-0.4, -0.2) is 30.8 Å². The molecule has 0 fully saturated rings. The van der Waals surface area contributed by atoms with Gasteiger partial charge in [-0.25, -0.2) is 0 Å². The highest BCUT2D eigenvalue weighted by atomic mass is 16.2. The third-order valence-electron chi connectivity index (χ3n) is 3.36. The molecule has 0 spiro atoms. The molecular weight excluding hydrogens is 264 g/mol. The highest BCUT2D eigenvalue weighted by Crippen LogP contribution is 2.04. The van der Waals surface area contributed by atoms with E-state index in [1.807, 2.05) is 51.1 Å². The van der Waals surface area contributed by atoms with Crippen LogP contribution in [0.25, 0.3) is 0 Å². The number of ketones is 1. The number of carbonyl (C=O) groups excluding carboxylic acids is 2. The maximum absolute atomic E-state index is 12.2. The fourth-order valence-corrected chi connectivity index (χ4v) is 2.07. The van der Waals surface area contributed by atoms with Gasteiger partial charge in [0.05, 0.1) is 6.04 Å². The SMILES string of the molecule is CCN[C@@H](Cc1ccccc1)C(=O)NCCC(=O)C(C)C.[HH].[HH]. The Balaban J connectivity index is 0. The minimum absolute atomic E-state index is 0. The zero-order chi connectivity index (χ0) is 15.7. The molecule has 1 rings (SSSR count). The van der Waals surface area contributed by atoms with Gasteiger partial charge in [-0.3, -0.25) is 9.59 Å². The molecule has 2 N–H and O–H groups in total. The molecule has 1 amide bonds. The number of benzene rings is 1. The predicted molar refractivity (Wildman–Crippen MR) is 89.3 cm³/mol. The van der Waals surface area contributed by atoms with E-state index in [1.165, 1.54) is 0 Å². The molecule has 0 heterocycles. The summed E-state index contributed by atoms with van der Waals surface area (Å²) in [5.41, 5.74) is 1.12. The van der Waals surface area contributed by atoms with Gasteiger partial charge in [0.1, 0.15) is 5.78 Å². The molecule has 0 radical (unpaired) electrons. The van der Waals surface area contributed by atoms with E-state index in [0.717, 1.165) is 12.1 Å². The quantitative estimate of drug-likeness (QED) is 0.735. The van der Waals surface area contributed by atoms with Crippen molar-refractivity contribution in [3.8, 4) is 0 Å². The summed E-state index contributed by atoms with van der Waals surface area (Å²) in [6.45, 7) is 6.87. The molecule has 0 aliphatic heterocycles. The summed E-state index contributed by atoms with van der Waals surface area (Å²) in [7, 11) is 0. The van der Waals surface area contributed by atoms with Gasteiger partial charge in [0.25, 0.3) is 0 Å². The highest BCUT2D eigenvalue weighted by molar-refractivity contribution is 5.84. The fraction of sp³-hybridized carbons (Fsp3) is 0.529. The van der Waals surface area contributed by atoms with Crippen molar-refractivity contribution in [1.82, 2.24) is 10.6 Å². The molecule has 1 atom stereocenters. The van der Waals surface area contributed by atoms with Crippen LogP contribution < -0.4 is 10.6 Å². The van der Waals surface area contributed by atoms with E-state index in [4.69, 9.17) is 0 Å². The van der Waals surface area contributed by atoms with Crippen LogP contribution in [0.3, 0.4) is 0 Å². The normalized spacial score (nSPS) is 12.2. The molecular formula is C17H30N2O2. The number of hydrogen-bond donors (Lipinski definition) is 2. The summed E-state index contributed by atoms with van der Waals surface area (Å²) in [4.78, 5) is 23.7. The van der Waals surface area contributed by atoms with Gasteiger partial charge in [-0.1, -0.05) is 51.1 Å². The van der Waals surface area contributed by atoms with E-state index < -0.39 is 0 Å². The average molecular weight is 294 g/mol. The summed E-state index contributed by atoms with van der Waals surface area (Å²) in [6.07, 6.45) is 1.05. The van der Waals surface area contributed by atoms with Crippen LogP contribution in [0.5, 0.6) is 0 Å².